The first-order chi connectivity index (χ1) is 9.09. The average molecular weight is 300 g/mol. The van der Waals surface area contributed by atoms with Crippen LogP contribution in [0.1, 0.15) is 6.92 Å². The second-order valence-corrected chi connectivity index (χ2v) is 5.50. The van der Waals surface area contributed by atoms with E-state index >= 15 is 0 Å². The largest absolute Gasteiger partial charge is 0.375 e. The van der Waals surface area contributed by atoms with Crippen molar-refractivity contribution in [3.63, 3.8) is 0 Å². The van der Waals surface area contributed by atoms with Crippen molar-refractivity contribution in [3.05, 3.63) is 41.4 Å². The summed E-state index contributed by atoms with van der Waals surface area (Å²) >= 11 is 7.43. The molecule has 0 saturated heterocycles. The molecule has 0 aliphatic carbocycles. The number of thioether (sulfide) groups is 1. The van der Waals surface area contributed by atoms with Gasteiger partial charge in [0.05, 0.1) is 24.0 Å². The van der Waals surface area contributed by atoms with Crippen LogP contribution in [0.15, 0.2) is 41.3 Å². The highest BCUT2D eigenvalue weighted by atomic mass is 35.5. The molecule has 1 rings (SSSR count). The first-order valence-electron chi connectivity index (χ1n) is 5.95. The lowest BCUT2D eigenvalue weighted by molar-refractivity contribution is -0.118. The van der Waals surface area contributed by atoms with E-state index in [9.17, 15) is 4.79 Å². The molecule has 0 unspecified atom stereocenters. The molecule has 0 bridgehead atoms. The number of hydrogen-bond donors (Lipinski definition) is 1. The minimum Gasteiger partial charge on any atom is -0.375 e. The van der Waals surface area contributed by atoms with E-state index in [1.165, 1.54) is 11.8 Å². The number of amides is 1. The van der Waals surface area contributed by atoms with Crippen molar-refractivity contribution >= 4 is 29.3 Å². The minimum atomic E-state index is -0.0242. The lowest BCUT2D eigenvalue weighted by atomic mass is 10.4. The SMILES string of the molecule is C=C(C)COCCNC(=O)CSc1ccccc1Cl. The van der Waals surface area contributed by atoms with Gasteiger partial charge in [-0.2, -0.15) is 0 Å². The Balaban J connectivity index is 2.15. The number of carbonyl (C=O) groups excluding carboxylic acids is 1. The second-order valence-electron chi connectivity index (χ2n) is 4.08. The van der Waals surface area contributed by atoms with Crippen molar-refractivity contribution in [3.8, 4) is 0 Å². The van der Waals surface area contributed by atoms with Crippen LogP contribution in [-0.2, 0) is 9.53 Å². The van der Waals surface area contributed by atoms with Gasteiger partial charge in [0.25, 0.3) is 0 Å². The third kappa shape index (κ3) is 7.25. The Labute approximate surface area is 123 Å². The molecule has 1 aromatic carbocycles. The third-order valence-electron chi connectivity index (χ3n) is 2.11. The predicted octanol–water partition coefficient (Wildman–Crippen LogP) is 3.14. The number of ether oxygens (including phenoxy) is 1. The van der Waals surface area contributed by atoms with E-state index in [1.54, 1.807) is 0 Å². The van der Waals surface area contributed by atoms with Crippen LogP contribution in [0.5, 0.6) is 0 Å². The van der Waals surface area contributed by atoms with E-state index in [2.05, 4.69) is 11.9 Å². The lowest BCUT2D eigenvalue weighted by Gasteiger charge is -2.07. The highest BCUT2D eigenvalue weighted by Gasteiger charge is 2.04. The molecule has 0 aliphatic rings. The fraction of sp³-hybridized carbons (Fsp3) is 0.357. The molecule has 0 spiro atoms. The molecule has 1 aromatic rings. The maximum Gasteiger partial charge on any atom is 0.230 e. The van der Waals surface area contributed by atoms with Gasteiger partial charge in [-0.25, -0.2) is 0 Å². The van der Waals surface area contributed by atoms with E-state index in [4.69, 9.17) is 16.3 Å². The number of benzene rings is 1. The second kappa shape index (κ2) is 9.02. The molecule has 0 atom stereocenters. The zero-order chi connectivity index (χ0) is 14.1. The smallest absolute Gasteiger partial charge is 0.230 e. The highest BCUT2D eigenvalue weighted by molar-refractivity contribution is 8.00. The van der Waals surface area contributed by atoms with Crippen molar-refractivity contribution in [2.45, 2.75) is 11.8 Å². The predicted molar refractivity (Wildman–Crippen MR) is 80.8 cm³/mol. The van der Waals surface area contributed by atoms with Gasteiger partial charge in [0.15, 0.2) is 0 Å². The van der Waals surface area contributed by atoms with Gasteiger partial charge in [-0.3, -0.25) is 4.79 Å². The number of halogens is 1. The molecule has 3 nitrogen and oxygen atoms in total. The summed E-state index contributed by atoms with van der Waals surface area (Å²) in [5, 5.41) is 3.46. The van der Waals surface area contributed by atoms with Gasteiger partial charge in [0.2, 0.25) is 5.91 Å². The number of carbonyl (C=O) groups is 1. The summed E-state index contributed by atoms with van der Waals surface area (Å²) in [4.78, 5) is 12.5. The Hall–Kier alpha value is -0.970. The summed E-state index contributed by atoms with van der Waals surface area (Å²) in [7, 11) is 0. The Morgan fingerprint density at radius 1 is 1.47 bits per heavy atom. The van der Waals surface area contributed by atoms with Crippen LogP contribution < -0.4 is 5.32 Å². The van der Waals surface area contributed by atoms with Gasteiger partial charge in [0, 0.05) is 11.4 Å². The van der Waals surface area contributed by atoms with Crippen LogP contribution in [0.4, 0.5) is 0 Å². The van der Waals surface area contributed by atoms with Gasteiger partial charge in [-0.1, -0.05) is 35.9 Å². The van der Waals surface area contributed by atoms with Gasteiger partial charge in [0.1, 0.15) is 0 Å². The Bertz CT molecular complexity index is 437. The summed E-state index contributed by atoms with van der Waals surface area (Å²) in [6, 6.07) is 7.48. The molecule has 0 saturated carbocycles. The normalized spacial score (nSPS) is 10.2. The summed E-state index contributed by atoms with van der Waals surface area (Å²) < 4.78 is 5.29. The summed E-state index contributed by atoms with van der Waals surface area (Å²) in [5.74, 6) is 0.327. The van der Waals surface area contributed by atoms with Gasteiger partial charge < -0.3 is 10.1 Å². The van der Waals surface area contributed by atoms with Gasteiger partial charge in [-0.05, 0) is 19.1 Å². The molecule has 0 aliphatic heterocycles. The summed E-state index contributed by atoms with van der Waals surface area (Å²) in [6.45, 7) is 7.17. The average Bonchev–Trinajstić information content (AvgIpc) is 2.37. The number of rotatable bonds is 8. The molecular weight excluding hydrogens is 282 g/mol. The zero-order valence-electron chi connectivity index (χ0n) is 10.9. The summed E-state index contributed by atoms with van der Waals surface area (Å²) in [6.07, 6.45) is 0. The Morgan fingerprint density at radius 3 is 2.89 bits per heavy atom. The van der Waals surface area contributed by atoms with Crippen LogP contribution in [0.3, 0.4) is 0 Å². The van der Waals surface area contributed by atoms with Crippen LogP contribution in [0, 0.1) is 0 Å². The fourth-order valence-corrected chi connectivity index (χ4v) is 2.33. The molecule has 104 valence electrons. The number of nitrogens with one attached hydrogen (secondary N) is 1. The van der Waals surface area contributed by atoms with Crippen LogP contribution >= 0.6 is 23.4 Å². The molecule has 19 heavy (non-hydrogen) atoms. The number of hydrogen-bond acceptors (Lipinski definition) is 3. The van der Waals surface area contributed by atoms with Crippen molar-refractivity contribution in [1.29, 1.82) is 0 Å². The van der Waals surface area contributed by atoms with Crippen molar-refractivity contribution in [1.82, 2.24) is 5.32 Å². The van der Waals surface area contributed by atoms with Crippen LogP contribution in [-0.4, -0.2) is 31.4 Å². The Morgan fingerprint density at radius 2 is 2.21 bits per heavy atom. The van der Waals surface area contributed by atoms with E-state index in [1.807, 2.05) is 31.2 Å². The molecule has 0 radical (unpaired) electrons. The standard InChI is InChI=1S/C14H18ClNO2S/c1-11(2)9-18-8-7-16-14(17)10-19-13-6-4-3-5-12(13)15/h3-6H,1,7-10H2,2H3,(H,16,17). The lowest BCUT2D eigenvalue weighted by Crippen LogP contribution is -2.28. The van der Waals surface area contributed by atoms with Gasteiger partial charge in [-0.15, -0.1) is 11.8 Å². The minimum absolute atomic E-state index is 0.0242. The van der Waals surface area contributed by atoms with E-state index in [-0.39, 0.29) is 5.91 Å². The van der Waals surface area contributed by atoms with Crippen molar-refractivity contribution in [2.75, 3.05) is 25.5 Å². The van der Waals surface area contributed by atoms with E-state index < -0.39 is 0 Å². The molecule has 1 N–H and O–H groups in total. The molecular formula is C14H18ClNO2S. The maximum absolute atomic E-state index is 11.6. The maximum atomic E-state index is 11.6. The topological polar surface area (TPSA) is 38.3 Å². The van der Waals surface area contributed by atoms with E-state index in [0.717, 1.165) is 10.5 Å². The highest BCUT2D eigenvalue weighted by Crippen LogP contribution is 2.26. The molecule has 0 aromatic heterocycles. The van der Waals surface area contributed by atoms with E-state index in [0.29, 0.717) is 30.5 Å². The molecule has 0 fully saturated rings. The van der Waals surface area contributed by atoms with Gasteiger partial charge >= 0.3 is 0 Å². The van der Waals surface area contributed by atoms with Crippen LogP contribution in [0.2, 0.25) is 5.02 Å². The van der Waals surface area contributed by atoms with Crippen molar-refractivity contribution < 1.29 is 9.53 Å². The quantitative estimate of drug-likeness (QED) is 0.455. The molecule has 1 amide bonds. The molecule has 5 heteroatoms. The summed E-state index contributed by atoms with van der Waals surface area (Å²) in [5.41, 5.74) is 0.973. The first kappa shape index (κ1) is 16.1. The third-order valence-corrected chi connectivity index (χ3v) is 3.63. The van der Waals surface area contributed by atoms with Crippen molar-refractivity contribution in [2.24, 2.45) is 0 Å². The Kier molecular flexibility index (Phi) is 7.63. The fourth-order valence-electron chi connectivity index (χ4n) is 1.27. The van der Waals surface area contributed by atoms with Crippen LogP contribution in [0.25, 0.3) is 0 Å². The zero-order valence-corrected chi connectivity index (χ0v) is 12.5. The molecule has 0 heterocycles. The monoisotopic (exact) mass is 299 g/mol. The first-order valence-corrected chi connectivity index (χ1v) is 7.32.